The van der Waals surface area contributed by atoms with E-state index >= 15 is 0 Å². The smallest absolute Gasteiger partial charge is 0.102 e. The summed E-state index contributed by atoms with van der Waals surface area (Å²) in [7, 11) is 1.61. The first kappa shape index (κ1) is 16.8. The van der Waals surface area contributed by atoms with Gasteiger partial charge in [-0.1, -0.05) is 13.0 Å². The fourth-order valence-electron chi connectivity index (χ4n) is 1.77. The second-order valence-electron chi connectivity index (χ2n) is 4.82. The van der Waals surface area contributed by atoms with Gasteiger partial charge in [0.15, 0.2) is 0 Å². The number of methoxy groups -OCH3 is 1. The van der Waals surface area contributed by atoms with Gasteiger partial charge >= 0.3 is 0 Å². The maximum atomic E-state index is 10.2. The van der Waals surface area contributed by atoms with E-state index in [4.69, 9.17) is 4.74 Å². The molecular formula is C15H22N2O2S. The normalized spacial score (nSPS) is 13.6. The lowest BCUT2D eigenvalue weighted by Crippen LogP contribution is -2.34. The Morgan fingerprint density at radius 1 is 1.50 bits per heavy atom. The highest BCUT2D eigenvalue weighted by Gasteiger charge is 2.20. The first-order valence-corrected chi connectivity index (χ1v) is 7.63. The molecule has 0 aliphatic carbocycles. The number of hydrogen-bond donors (Lipinski definition) is 2. The molecule has 0 aromatic heterocycles. The van der Waals surface area contributed by atoms with Crippen LogP contribution in [0.1, 0.15) is 25.8 Å². The Morgan fingerprint density at radius 3 is 2.85 bits per heavy atom. The Labute approximate surface area is 125 Å². The van der Waals surface area contributed by atoms with E-state index in [2.05, 4.69) is 18.3 Å². The monoisotopic (exact) mass is 294 g/mol. The molecule has 2 N–H and O–H groups in total. The van der Waals surface area contributed by atoms with Crippen molar-refractivity contribution in [2.75, 3.05) is 31.3 Å². The zero-order valence-corrected chi connectivity index (χ0v) is 13.1. The molecule has 0 saturated heterocycles. The molecule has 0 fully saturated rings. The van der Waals surface area contributed by atoms with Crippen LogP contribution in [-0.2, 0) is 4.74 Å². The molecule has 0 aliphatic heterocycles. The van der Waals surface area contributed by atoms with Gasteiger partial charge in [0.05, 0.1) is 16.9 Å². The largest absolute Gasteiger partial charge is 0.388 e. The van der Waals surface area contributed by atoms with Crippen LogP contribution in [0.5, 0.6) is 0 Å². The number of anilines is 1. The zero-order chi connectivity index (χ0) is 15.0. The van der Waals surface area contributed by atoms with E-state index in [1.165, 1.54) is 0 Å². The molecule has 1 atom stereocenters. The summed E-state index contributed by atoms with van der Waals surface area (Å²) >= 11 is 1.64. The summed E-state index contributed by atoms with van der Waals surface area (Å²) < 4.78 is 4.98. The SMILES string of the molecule is CCSc1cccc(NCC(C)(O)CCOC)c1C#N. The molecule has 110 valence electrons. The van der Waals surface area contributed by atoms with Gasteiger partial charge in [0.1, 0.15) is 6.07 Å². The van der Waals surface area contributed by atoms with Crippen molar-refractivity contribution >= 4 is 17.4 Å². The minimum absolute atomic E-state index is 0.380. The van der Waals surface area contributed by atoms with Crippen molar-refractivity contribution in [2.24, 2.45) is 0 Å². The third kappa shape index (κ3) is 5.04. The predicted octanol–water partition coefficient (Wildman–Crippen LogP) is 2.87. The number of nitrogens with zero attached hydrogens (tertiary/aromatic N) is 1. The molecule has 5 heteroatoms. The summed E-state index contributed by atoms with van der Waals surface area (Å²) in [6.07, 6.45) is 0.543. The van der Waals surface area contributed by atoms with Crippen LogP contribution >= 0.6 is 11.8 Å². The summed E-state index contributed by atoms with van der Waals surface area (Å²) in [5.74, 6) is 0.920. The first-order valence-electron chi connectivity index (χ1n) is 6.65. The fraction of sp³-hybridized carbons (Fsp3) is 0.533. The lowest BCUT2D eigenvalue weighted by Gasteiger charge is -2.24. The molecule has 0 heterocycles. The van der Waals surface area contributed by atoms with Crippen LogP contribution in [0.3, 0.4) is 0 Å². The number of nitriles is 1. The predicted molar refractivity (Wildman–Crippen MR) is 83.2 cm³/mol. The van der Waals surface area contributed by atoms with Crippen molar-refractivity contribution in [3.63, 3.8) is 0 Å². The number of rotatable bonds is 8. The minimum atomic E-state index is -0.864. The molecule has 0 saturated carbocycles. The highest BCUT2D eigenvalue weighted by atomic mass is 32.2. The molecule has 0 aliphatic rings. The molecule has 1 unspecified atom stereocenters. The van der Waals surface area contributed by atoms with Crippen molar-refractivity contribution in [1.82, 2.24) is 0 Å². The van der Waals surface area contributed by atoms with Crippen molar-refractivity contribution in [2.45, 2.75) is 30.8 Å². The average Bonchev–Trinajstić information content (AvgIpc) is 2.43. The topological polar surface area (TPSA) is 65.3 Å². The van der Waals surface area contributed by atoms with Crippen LogP contribution in [0.15, 0.2) is 23.1 Å². The molecule has 0 radical (unpaired) electrons. The van der Waals surface area contributed by atoms with E-state index in [9.17, 15) is 10.4 Å². The maximum absolute atomic E-state index is 10.2. The van der Waals surface area contributed by atoms with Crippen LogP contribution in [0.25, 0.3) is 0 Å². The van der Waals surface area contributed by atoms with Crippen molar-refractivity contribution in [3.05, 3.63) is 23.8 Å². The number of benzene rings is 1. The molecule has 1 rings (SSSR count). The van der Waals surface area contributed by atoms with E-state index in [1.54, 1.807) is 25.8 Å². The van der Waals surface area contributed by atoms with Crippen LogP contribution in [0.4, 0.5) is 5.69 Å². The van der Waals surface area contributed by atoms with Crippen LogP contribution in [0, 0.1) is 11.3 Å². The molecular weight excluding hydrogens is 272 g/mol. The Kier molecular flexibility index (Phi) is 6.86. The van der Waals surface area contributed by atoms with Gasteiger partial charge in [0.25, 0.3) is 0 Å². The van der Waals surface area contributed by atoms with E-state index in [0.29, 0.717) is 25.1 Å². The molecule has 0 bridgehead atoms. The third-order valence-corrected chi connectivity index (χ3v) is 3.88. The summed E-state index contributed by atoms with van der Waals surface area (Å²) in [6, 6.07) is 7.97. The summed E-state index contributed by atoms with van der Waals surface area (Å²) in [4.78, 5) is 0.969. The molecule has 1 aromatic rings. The lowest BCUT2D eigenvalue weighted by molar-refractivity contribution is 0.0357. The molecule has 0 spiro atoms. The summed E-state index contributed by atoms with van der Waals surface area (Å²) in [6.45, 7) is 4.70. The Bertz CT molecular complexity index is 469. The van der Waals surface area contributed by atoms with Gasteiger partial charge in [-0.25, -0.2) is 0 Å². The van der Waals surface area contributed by atoms with Gasteiger partial charge < -0.3 is 15.2 Å². The van der Waals surface area contributed by atoms with Crippen LogP contribution in [0.2, 0.25) is 0 Å². The van der Waals surface area contributed by atoms with Crippen LogP contribution < -0.4 is 5.32 Å². The molecule has 1 aromatic carbocycles. The van der Waals surface area contributed by atoms with Gasteiger partial charge in [-0.3, -0.25) is 0 Å². The Morgan fingerprint density at radius 2 is 2.25 bits per heavy atom. The first-order chi connectivity index (χ1) is 9.54. The van der Waals surface area contributed by atoms with E-state index in [0.717, 1.165) is 16.3 Å². The van der Waals surface area contributed by atoms with Crippen molar-refractivity contribution in [3.8, 4) is 6.07 Å². The Balaban J connectivity index is 2.78. The van der Waals surface area contributed by atoms with E-state index in [-0.39, 0.29) is 0 Å². The Hall–Kier alpha value is -1.22. The van der Waals surface area contributed by atoms with E-state index in [1.807, 2.05) is 18.2 Å². The van der Waals surface area contributed by atoms with E-state index < -0.39 is 5.60 Å². The van der Waals surface area contributed by atoms with Crippen molar-refractivity contribution in [1.29, 1.82) is 5.26 Å². The number of ether oxygens (including phenoxy) is 1. The fourth-order valence-corrected chi connectivity index (χ4v) is 2.55. The number of hydrogen-bond acceptors (Lipinski definition) is 5. The minimum Gasteiger partial charge on any atom is -0.388 e. The lowest BCUT2D eigenvalue weighted by atomic mass is 10.0. The average molecular weight is 294 g/mol. The highest BCUT2D eigenvalue weighted by Crippen LogP contribution is 2.28. The molecule has 0 amide bonds. The summed E-state index contributed by atoms with van der Waals surface area (Å²) in [5.41, 5.74) is 0.543. The standard InChI is InChI=1S/C15H22N2O2S/c1-4-20-14-7-5-6-13(12(14)10-16)17-11-15(2,18)8-9-19-3/h5-7,17-18H,4,8-9,11H2,1-3H3. The number of thioether (sulfide) groups is 1. The quantitative estimate of drug-likeness (QED) is 0.722. The van der Waals surface area contributed by atoms with Crippen LogP contribution in [-0.4, -0.2) is 36.7 Å². The second-order valence-corrected chi connectivity index (χ2v) is 6.12. The van der Waals surface area contributed by atoms with Gasteiger partial charge in [-0.05, 0) is 24.8 Å². The molecule has 20 heavy (non-hydrogen) atoms. The second kappa shape index (κ2) is 8.15. The zero-order valence-electron chi connectivity index (χ0n) is 12.3. The van der Waals surface area contributed by atoms with Crippen molar-refractivity contribution < 1.29 is 9.84 Å². The van der Waals surface area contributed by atoms with Gasteiger partial charge in [0.2, 0.25) is 0 Å². The summed E-state index contributed by atoms with van der Waals surface area (Å²) in [5, 5.41) is 22.7. The number of aliphatic hydroxyl groups is 1. The maximum Gasteiger partial charge on any atom is 0.102 e. The highest BCUT2D eigenvalue weighted by molar-refractivity contribution is 7.99. The third-order valence-electron chi connectivity index (χ3n) is 2.94. The van der Waals surface area contributed by atoms with Gasteiger partial charge in [-0.15, -0.1) is 11.8 Å². The number of nitrogens with one attached hydrogen (secondary N) is 1. The van der Waals surface area contributed by atoms with Gasteiger partial charge in [-0.2, -0.15) is 5.26 Å². The molecule has 4 nitrogen and oxygen atoms in total. The van der Waals surface area contributed by atoms with Gasteiger partial charge in [0, 0.05) is 31.6 Å².